The summed E-state index contributed by atoms with van der Waals surface area (Å²) >= 11 is 1.00. The Balaban J connectivity index is 1.70. The fraction of sp³-hybridized carbons (Fsp3) is 0.150. The molecule has 8 nitrogen and oxygen atoms in total. The summed E-state index contributed by atoms with van der Waals surface area (Å²) in [7, 11) is 0. The number of amides is 2. The molecular weight excluding hydrogens is 409 g/mol. The number of halogens is 1. The lowest BCUT2D eigenvalue weighted by molar-refractivity contribution is -0.114. The van der Waals surface area contributed by atoms with Crippen molar-refractivity contribution in [3.63, 3.8) is 0 Å². The van der Waals surface area contributed by atoms with E-state index in [-0.39, 0.29) is 34.2 Å². The van der Waals surface area contributed by atoms with E-state index in [1.54, 1.807) is 31.2 Å². The van der Waals surface area contributed by atoms with Crippen LogP contribution in [0.2, 0.25) is 0 Å². The molecule has 1 aromatic heterocycles. The number of aromatic nitrogens is 3. The number of H-pyrrole nitrogens is 1. The maximum atomic E-state index is 13.1. The van der Waals surface area contributed by atoms with Crippen LogP contribution < -0.4 is 16.2 Å². The first kappa shape index (κ1) is 21.2. The van der Waals surface area contributed by atoms with E-state index >= 15 is 0 Å². The van der Waals surface area contributed by atoms with Crippen molar-refractivity contribution in [1.82, 2.24) is 15.2 Å². The molecule has 3 aromatic rings. The molecule has 0 saturated heterocycles. The molecule has 0 bridgehead atoms. The number of para-hydroxylation sites is 1. The topological polar surface area (TPSA) is 117 Å². The first-order chi connectivity index (χ1) is 14.3. The predicted molar refractivity (Wildman–Crippen MR) is 113 cm³/mol. The maximum absolute atomic E-state index is 13.1. The van der Waals surface area contributed by atoms with E-state index in [2.05, 4.69) is 25.8 Å². The zero-order valence-electron chi connectivity index (χ0n) is 16.2. The third-order valence-electron chi connectivity index (χ3n) is 3.97. The van der Waals surface area contributed by atoms with Gasteiger partial charge in [-0.05, 0) is 36.8 Å². The summed E-state index contributed by atoms with van der Waals surface area (Å²) in [5.74, 6) is -1.02. The number of nitrogens with one attached hydrogen (secondary N) is 3. The van der Waals surface area contributed by atoms with Crippen molar-refractivity contribution in [2.45, 2.75) is 19.0 Å². The summed E-state index contributed by atoms with van der Waals surface area (Å²) in [6, 6.07) is 10.8. The molecule has 30 heavy (non-hydrogen) atoms. The molecule has 10 heteroatoms. The van der Waals surface area contributed by atoms with Gasteiger partial charge in [-0.3, -0.25) is 19.4 Å². The number of aryl methyl sites for hydroxylation is 1. The molecule has 3 rings (SSSR count). The summed E-state index contributed by atoms with van der Waals surface area (Å²) < 4.78 is 13.1. The Morgan fingerprint density at radius 3 is 2.57 bits per heavy atom. The molecule has 0 atom stereocenters. The van der Waals surface area contributed by atoms with Gasteiger partial charge in [0.2, 0.25) is 11.8 Å². The third kappa shape index (κ3) is 5.29. The van der Waals surface area contributed by atoms with Gasteiger partial charge in [0.25, 0.3) is 5.56 Å². The number of benzene rings is 2. The molecule has 0 spiro atoms. The molecular formula is C20H18FN5O3S. The number of carbonyl (C=O) groups excluding carboxylic acids is 2. The monoisotopic (exact) mass is 427 g/mol. The number of rotatable bonds is 6. The van der Waals surface area contributed by atoms with Crippen molar-refractivity contribution < 1.29 is 14.0 Å². The fourth-order valence-electron chi connectivity index (χ4n) is 2.64. The third-order valence-corrected chi connectivity index (χ3v) is 4.84. The van der Waals surface area contributed by atoms with Gasteiger partial charge in [-0.25, -0.2) is 4.39 Å². The Morgan fingerprint density at radius 1 is 1.10 bits per heavy atom. The van der Waals surface area contributed by atoms with Crippen LogP contribution in [-0.2, 0) is 9.59 Å². The van der Waals surface area contributed by atoms with Crippen molar-refractivity contribution in [2.75, 3.05) is 16.4 Å². The normalized spacial score (nSPS) is 10.5. The minimum Gasteiger partial charge on any atom is -0.326 e. The smallest absolute Gasteiger partial charge is 0.278 e. The minimum absolute atomic E-state index is 0.0245. The van der Waals surface area contributed by atoms with Gasteiger partial charge in [-0.1, -0.05) is 30.0 Å². The first-order valence-electron chi connectivity index (χ1n) is 8.86. The average Bonchev–Trinajstić information content (AvgIpc) is 2.69. The summed E-state index contributed by atoms with van der Waals surface area (Å²) in [4.78, 5) is 38.6. The van der Waals surface area contributed by atoms with Crippen molar-refractivity contribution in [3.05, 3.63) is 64.2 Å². The Morgan fingerprint density at radius 2 is 1.87 bits per heavy atom. The largest absolute Gasteiger partial charge is 0.326 e. The average molecular weight is 427 g/mol. The Kier molecular flexibility index (Phi) is 6.58. The van der Waals surface area contributed by atoms with E-state index in [1.165, 1.54) is 25.1 Å². The quantitative estimate of drug-likeness (QED) is 0.521. The molecule has 0 radical (unpaired) electrons. The predicted octanol–water partition coefficient (Wildman–Crippen LogP) is 2.97. The van der Waals surface area contributed by atoms with Gasteiger partial charge in [0, 0.05) is 18.2 Å². The van der Waals surface area contributed by atoms with Gasteiger partial charge in [-0.2, -0.15) is 0 Å². The summed E-state index contributed by atoms with van der Waals surface area (Å²) in [6.07, 6.45) is 0. The molecule has 154 valence electrons. The van der Waals surface area contributed by atoms with Crippen LogP contribution in [0, 0.1) is 12.7 Å². The van der Waals surface area contributed by atoms with Gasteiger partial charge < -0.3 is 10.6 Å². The summed E-state index contributed by atoms with van der Waals surface area (Å²) in [5, 5.41) is 13.4. The van der Waals surface area contributed by atoms with Crippen LogP contribution in [0.3, 0.4) is 0 Å². The van der Waals surface area contributed by atoms with Crippen molar-refractivity contribution in [2.24, 2.45) is 0 Å². The van der Waals surface area contributed by atoms with Crippen LogP contribution in [0.4, 0.5) is 15.8 Å². The summed E-state index contributed by atoms with van der Waals surface area (Å²) in [5.41, 5.74) is 1.53. The highest BCUT2D eigenvalue weighted by Crippen LogP contribution is 2.24. The first-order valence-corrected chi connectivity index (χ1v) is 9.85. The van der Waals surface area contributed by atoms with Crippen molar-refractivity contribution >= 4 is 35.0 Å². The van der Waals surface area contributed by atoms with E-state index in [4.69, 9.17) is 0 Å². The standard InChI is InChI=1S/C20H18FN5O3S/c1-11-9-13(21)7-8-15(11)23-17(28)10-30-20-24-19(29)18(25-26-20)14-5-3-4-6-16(14)22-12(2)27/h3-9H,10H2,1-2H3,(H,22,27)(H,23,28)(H,24,26,29). The Bertz CT molecular complexity index is 1170. The number of nitrogens with zero attached hydrogens (tertiary/aromatic N) is 2. The number of thioether (sulfide) groups is 1. The molecule has 0 aliphatic carbocycles. The van der Waals surface area contributed by atoms with E-state index in [1.807, 2.05) is 0 Å². The second-order valence-electron chi connectivity index (χ2n) is 6.33. The molecule has 3 N–H and O–H groups in total. The van der Waals surface area contributed by atoms with Gasteiger partial charge in [-0.15, -0.1) is 10.2 Å². The second-order valence-corrected chi connectivity index (χ2v) is 7.29. The molecule has 0 aliphatic rings. The van der Waals surface area contributed by atoms with E-state index in [0.717, 1.165) is 11.8 Å². The second kappa shape index (κ2) is 9.31. The maximum Gasteiger partial charge on any atom is 0.278 e. The lowest BCUT2D eigenvalue weighted by atomic mass is 10.1. The molecule has 0 saturated carbocycles. The number of carbonyl (C=O) groups is 2. The molecule has 0 aliphatic heterocycles. The van der Waals surface area contributed by atoms with Gasteiger partial charge in [0.1, 0.15) is 5.82 Å². The molecule has 2 amide bonds. The zero-order valence-corrected chi connectivity index (χ0v) is 17.0. The molecule has 1 heterocycles. The highest BCUT2D eigenvalue weighted by Gasteiger charge is 2.14. The van der Waals surface area contributed by atoms with E-state index in [9.17, 15) is 18.8 Å². The van der Waals surface area contributed by atoms with Crippen LogP contribution in [0.5, 0.6) is 0 Å². The zero-order chi connectivity index (χ0) is 21.7. The lowest BCUT2D eigenvalue weighted by Crippen LogP contribution is -2.18. The van der Waals surface area contributed by atoms with E-state index < -0.39 is 5.56 Å². The minimum atomic E-state index is -0.500. The van der Waals surface area contributed by atoms with Crippen molar-refractivity contribution in [3.8, 4) is 11.3 Å². The number of hydrogen-bond acceptors (Lipinski definition) is 6. The van der Waals surface area contributed by atoms with Gasteiger partial charge in [0.05, 0.1) is 11.4 Å². The number of hydrogen-bond donors (Lipinski definition) is 3. The molecule has 0 fully saturated rings. The van der Waals surface area contributed by atoms with Crippen LogP contribution in [0.25, 0.3) is 11.3 Å². The van der Waals surface area contributed by atoms with Crippen LogP contribution in [0.1, 0.15) is 12.5 Å². The fourth-order valence-corrected chi connectivity index (χ4v) is 3.24. The highest BCUT2D eigenvalue weighted by molar-refractivity contribution is 7.99. The van der Waals surface area contributed by atoms with Gasteiger partial charge >= 0.3 is 0 Å². The summed E-state index contributed by atoms with van der Waals surface area (Å²) in [6.45, 7) is 3.05. The Labute approximate surface area is 175 Å². The molecule has 0 unspecified atom stereocenters. The van der Waals surface area contributed by atoms with Crippen LogP contribution in [-0.4, -0.2) is 32.7 Å². The number of aromatic amines is 1. The SMILES string of the molecule is CC(=O)Nc1ccccc1-c1nnc(SCC(=O)Nc2ccc(F)cc2C)[nH]c1=O. The van der Waals surface area contributed by atoms with Gasteiger partial charge in [0.15, 0.2) is 10.9 Å². The molecule has 2 aromatic carbocycles. The number of anilines is 2. The van der Waals surface area contributed by atoms with Crippen LogP contribution >= 0.6 is 11.8 Å². The Hall–Kier alpha value is -3.53. The van der Waals surface area contributed by atoms with Crippen molar-refractivity contribution in [1.29, 1.82) is 0 Å². The highest BCUT2D eigenvalue weighted by atomic mass is 32.2. The van der Waals surface area contributed by atoms with E-state index in [0.29, 0.717) is 22.5 Å². The lowest BCUT2D eigenvalue weighted by Gasteiger charge is -2.09. The van der Waals surface area contributed by atoms with Crippen LogP contribution in [0.15, 0.2) is 52.4 Å².